The van der Waals surface area contributed by atoms with Crippen LogP contribution in [-0.4, -0.2) is 49.8 Å². The first-order valence-electron chi connectivity index (χ1n) is 6.48. The zero-order valence-corrected chi connectivity index (χ0v) is 14.0. The van der Waals surface area contributed by atoms with Crippen LogP contribution in [0.15, 0.2) is 14.1 Å². The van der Waals surface area contributed by atoms with Crippen LogP contribution in [0, 0.1) is 6.92 Å². The minimum Gasteiger partial charge on any atom is -0.298 e. The lowest BCUT2D eigenvalue weighted by molar-refractivity contribution is 0.158. The first-order chi connectivity index (χ1) is 8.98. The average molecular weight is 365 g/mol. The highest BCUT2D eigenvalue weighted by molar-refractivity contribution is 9.11. The molecule has 0 spiro atoms. The number of thiophene rings is 1. The average Bonchev–Trinajstić information content (AvgIpc) is 2.96. The molecule has 106 valence electrons. The highest BCUT2D eigenvalue weighted by Crippen LogP contribution is 2.33. The number of sulfonamides is 1. The van der Waals surface area contributed by atoms with Crippen molar-refractivity contribution < 1.29 is 8.42 Å². The van der Waals surface area contributed by atoms with Gasteiger partial charge in [-0.05, 0) is 53.9 Å². The van der Waals surface area contributed by atoms with Crippen molar-refractivity contribution in [2.45, 2.75) is 30.0 Å². The monoisotopic (exact) mass is 364 g/mol. The van der Waals surface area contributed by atoms with Crippen molar-refractivity contribution in [1.29, 1.82) is 0 Å². The quantitative estimate of drug-likeness (QED) is 0.808. The van der Waals surface area contributed by atoms with E-state index in [9.17, 15) is 8.42 Å². The van der Waals surface area contributed by atoms with Crippen LogP contribution in [-0.2, 0) is 10.0 Å². The van der Waals surface area contributed by atoms with E-state index in [1.807, 2.05) is 6.92 Å². The van der Waals surface area contributed by atoms with Crippen LogP contribution in [0.3, 0.4) is 0 Å². The molecule has 0 radical (unpaired) electrons. The van der Waals surface area contributed by atoms with Crippen LogP contribution in [0.4, 0.5) is 0 Å². The van der Waals surface area contributed by atoms with Gasteiger partial charge in [0.15, 0.2) is 0 Å². The van der Waals surface area contributed by atoms with Crippen molar-refractivity contribution in [2.75, 3.05) is 26.2 Å². The van der Waals surface area contributed by atoms with Crippen LogP contribution in [0.5, 0.6) is 0 Å². The molecule has 0 bridgehead atoms. The number of hydrogen-bond donors (Lipinski definition) is 0. The zero-order chi connectivity index (χ0) is 13.6. The third-order valence-electron chi connectivity index (χ3n) is 3.98. The maximum Gasteiger partial charge on any atom is 0.252 e. The Labute approximate surface area is 126 Å². The Hall–Kier alpha value is 0.0500. The Kier molecular flexibility index (Phi) is 3.77. The maximum atomic E-state index is 12.6. The van der Waals surface area contributed by atoms with E-state index in [4.69, 9.17) is 0 Å². The van der Waals surface area contributed by atoms with Crippen LogP contribution in [0.2, 0.25) is 0 Å². The first-order valence-corrected chi connectivity index (χ1v) is 9.53. The van der Waals surface area contributed by atoms with Crippen LogP contribution in [0.25, 0.3) is 0 Å². The van der Waals surface area contributed by atoms with E-state index in [2.05, 4.69) is 20.8 Å². The molecule has 2 saturated heterocycles. The van der Waals surface area contributed by atoms with Crippen LogP contribution in [0.1, 0.15) is 18.4 Å². The van der Waals surface area contributed by atoms with E-state index < -0.39 is 10.0 Å². The molecule has 3 rings (SSSR count). The van der Waals surface area contributed by atoms with E-state index in [1.54, 1.807) is 10.4 Å². The smallest absolute Gasteiger partial charge is 0.252 e. The summed E-state index contributed by atoms with van der Waals surface area (Å²) in [5.41, 5.74) is 0.989. The number of halogens is 1. The molecule has 1 atom stereocenters. The third kappa shape index (κ3) is 2.51. The maximum absolute atomic E-state index is 12.6. The van der Waals surface area contributed by atoms with Gasteiger partial charge in [0.2, 0.25) is 0 Å². The highest BCUT2D eigenvalue weighted by Gasteiger charge is 2.36. The summed E-state index contributed by atoms with van der Waals surface area (Å²) in [4.78, 5) is 2.42. The summed E-state index contributed by atoms with van der Waals surface area (Å²) < 4.78 is 28.3. The molecule has 1 aromatic rings. The second kappa shape index (κ2) is 5.11. The lowest BCUT2D eigenvalue weighted by atomic mass is 10.2. The molecule has 19 heavy (non-hydrogen) atoms. The third-order valence-corrected chi connectivity index (χ3v) is 8.43. The van der Waals surface area contributed by atoms with Crippen molar-refractivity contribution in [2.24, 2.45) is 0 Å². The number of aryl methyl sites for hydroxylation is 1. The summed E-state index contributed by atoms with van der Waals surface area (Å²) in [6, 6.07) is 2.19. The molecular formula is C12H17BrN2O2S2. The molecule has 0 amide bonds. The van der Waals surface area contributed by atoms with Crippen molar-refractivity contribution in [3.05, 3.63) is 15.4 Å². The summed E-state index contributed by atoms with van der Waals surface area (Å²) in [5.74, 6) is 0. The van der Waals surface area contributed by atoms with Gasteiger partial charge in [0, 0.05) is 25.7 Å². The molecule has 7 heteroatoms. The summed E-state index contributed by atoms with van der Waals surface area (Å²) >= 11 is 4.72. The Bertz CT molecular complexity index is 565. The van der Waals surface area contributed by atoms with E-state index in [0.717, 1.165) is 28.9 Å². The second-order valence-corrected chi connectivity index (χ2v) is 9.75. The molecule has 4 nitrogen and oxygen atoms in total. The van der Waals surface area contributed by atoms with Gasteiger partial charge in [0.25, 0.3) is 10.0 Å². The molecule has 2 aliphatic heterocycles. The summed E-state index contributed by atoms with van der Waals surface area (Å²) in [6.45, 7) is 5.19. The topological polar surface area (TPSA) is 40.6 Å². The standard InChI is InChI=1S/C12H17BrN2O2S2/c1-9-7-11(18-12(9)13)19(16,17)15-6-5-14-4-2-3-10(14)8-15/h7,10H,2-6,8H2,1H3. The lowest BCUT2D eigenvalue weighted by Gasteiger charge is -2.36. The first kappa shape index (κ1) is 14.0. The van der Waals surface area contributed by atoms with Gasteiger partial charge in [-0.15, -0.1) is 11.3 Å². The van der Waals surface area contributed by atoms with Gasteiger partial charge in [0.05, 0.1) is 3.79 Å². The van der Waals surface area contributed by atoms with Crippen molar-refractivity contribution in [3.8, 4) is 0 Å². The Morgan fingerprint density at radius 3 is 2.84 bits per heavy atom. The van der Waals surface area contributed by atoms with Crippen molar-refractivity contribution in [1.82, 2.24) is 9.21 Å². The van der Waals surface area contributed by atoms with Crippen molar-refractivity contribution >= 4 is 37.3 Å². The van der Waals surface area contributed by atoms with Gasteiger partial charge < -0.3 is 0 Å². The van der Waals surface area contributed by atoms with E-state index in [1.165, 1.54) is 17.8 Å². The number of piperazine rings is 1. The van der Waals surface area contributed by atoms with Gasteiger partial charge in [-0.3, -0.25) is 4.90 Å². The zero-order valence-electron chi connectivity index (χ0n) is 10.8. The predicted molar refractivity (Wildman–Crippen MR) is 80.1 cm³/mol. The molecule has 0 saturated carbocycles. The molecule has 1 aromatic heterocycles. The van der Waals surface area contributed by atoms with Gasteiger partial charge in [-0.2, -0.15) is 4.31 Å². The number of hydrogen-bond acceptors (Lipinski definition) is 4. The largest absolute Gasteiger partial charge is 0.298 e. The highest BCUT2D eigenvalue weighted by atomic mass is 79.9. The Morgan fingerprint density at radius 2 is 2.16 bits per heavy atom. The summed E-state index contributed by atoms with van der Waals surface area (Å²) in [7, 11) is -3.31. The minimum atomic E-state index is -3.31. The molecular weight excluding hydrogens is 348 g/mol. The van der Waals surface area contributed by atoms with E-state index in [0.29, 0.717) is 23.3 Å². The molecule has 1 unspecified atom stereocenters. The number of nitrogens with zero attached hydrogens (tertiary/aromatic N) is 2. The molecule has 0 aliphatic carbocycles. The normalized spacial score (nSPS) is 25.7. The molecule has 0 N–H and O–H groups in total. The molecule has 0 aromatic carbocycles. The predicted octanol–water partition coefficient (Wildman–Crippen LogP) is 2.29. The molecule has 3 heterocycles. The lowest BCUT2D eigenvalue weighted by Crippen LogP contribution is -2.51. The summed E-state index contributed by atoms with van der Waals surface area (Å²) in [5, 5.41) is 0. The van der Waals surface area contributed by atoms with Gasteiger partial charge >= 0.3 is 0 Å². The van der Waals surface area contributed by atoms with Crippen LogP contribution >= 0.6 is 27.3 Å². The van der Waals surface area contributed by atoms with Crippen LogP contribution < -0.4 is 0 Å². The fourth-order valence-electron chi connectivity index (χ4n) is 2.87. The van der Waals surface area contributed by atoms with E-state index >= 15 is 0 Å². The SMILES string of the molecule is Cc1cc(S(=O)(=O)N2CCN3CCCC3C2)sc1Br. The van der Waals surface area contributed by atoms with E-state index in [-0.39, 0.29) is 0 Å². The van der Waals surface area contributed by atoms with Gasteiger partial charge in [-0.1, -0.05) is 0 Å². The molecule has 2 aliphatic rings. The number of fused-ring (bicyclic) bond motifs is 1. The Balaban J connectivity index is 1.84. The van der Waals surface area contributed by atoms with Gasteiger partial charge in [0.1, 0.15) is 4.21 Å². The molecule has 2 fully saturated rings. The van der Waals surface area contributed by atoms with Gasteiger partial charge in [-0.25, -0.2) is 8.42 Å². The number of rotatable bonds is 2. The fraction of sp³-hybridized carbons (Fsp3) is 0.667. The minimum absolute atomic E-state index is 0.424. The van der Waals surface area contributed by atoms with Crippen molar-refractivity contribution in [3.63, 3.8) is 0 Å². The fourth-order valence-corrected chi connectivity index (χ4v) is 6.72. The summed E-state index contributed by atoms with van der Waals surface area (Å²) in [6.07, 6.45) is 2.32. The Morgan fingerprint density at radius 1 is 1.37 bits per heavy atom. The second-order valence-electron chi connectivity index (χ2n) is 5.22.